The summed E-state index contributed by atoms with van der Waals surface area (Å²) in [6.07, 6.45) is 1.87. The number of fused-ring (bicyclic) bond motifs is 7. The van der Waals surface area contributed by atoms with E-state index in [1.165, 1.54) is 21.9 Å². The van der Waals surface area contributed by atoms with E-state index in [0.29, 0.717) is 0 Å². The number of para-hydroxylation sites is 4. The summed E-state index contributed by atoms with van der Waals surface area (Å²) in [4.78, 5) is 11.1. The Morgan fingerprint density at radius 2 is 1.18 bits per heavy atom. The third-order valence-corrected chi connectivity index (χ3v) is 12.4. The molecule has 0 bridgehead atoms. The van der Waals surface area contributed by atoms with E-state index in [0.717, 1.165) is 83.6 Å². The first-order chi connectivity index (χ1) is 30.0. The van der Waals surface area contributed by atoms with E-state index in [1.807, 2.05) is 12.3 Å². The summed E-state index contributed by atoms with van der Waals surface area (Å²) in [5.74, 6) is 0.828. The van der Waals surface area contributed by atoms with Gasteiger partial charge in [-0.2, -0.15) is 5.10 Å². The molecule has 7 aromatic carbocycles. The molecule has 62 heavy (non-hydrogen) atoms. The first kappa shape index (κ1) is 37.6. The minimum atomic E-state index is -0.0936. The second-order valence-corrected chi connectivity index (χ2v) is 18.5. The Balaban J connectivity index is 1.25. The van der Waals surface area contributed by atoms with Crippen molar-refractivity contribution in [3.63, 3.8) is 0 Å². The SMILES string of the molecule is CC(C)(C)c1ccc2[nH]c3c(-c4nn(-c5cc(N(c6ccccc6)c6ccccn6)c6c7ccccc7n(-c7ccccc7)c6c5)c5ccccc45)cc(C(C)(C)C)cc3c2c1. The van der Waals surface area contributed by atoms with Crippen molar-refractivity contribution in [1.29, 1.82) is 0 Å². The predicted molar refractivity (Wildman–Crippen MR) is 260 cm³/mol. The summed E-state index contributed by atoms with van der Waals surface area (Å²) >= 11 is 0. The zero-order valence-electron chi connectivity index (χ0n) is 36.0. The summed E-state index contributed by atoms with van der Waals surface area (Å²) in [6, 6.07) is 61.0. The first-order valence-corrected chi connectivity index (χ1v) is 21.5. The number of aromatic nitrogens is 5. The number of rotatable bonds is 6. The van der Waals surface area contributed by atoms with Gasteiger partial charge in [-0.05, 0) is 107 Å². The van der Waals surface area contributed by atoms with E-state index in [2.05, 4.69) is 224 Å². The van der Waals surface area contributed by atoms with Gasteiger partial charge in [0, 0.05) is 55.6 Å². The van der Waals surface area contributed by atoms with E-state index in [-0.39, 0.29) is 10.8 Å². The molecule has 4 heterocycles. The second-order valence-electron chi connectivity index (χ2n) is 18.5. The number of anilines is 3. The fraction of sp³-hybridized carbons (Fsp3) is 0.143. The van der Waals surface area contributed by atoms with E-state index in [9.17, 15) is 0 Å². The van der Waals surface area contributed by atoms with Gasteiger partial charge in [0.25, 0.3) is 0 Å². The van der Waals surface area contributed by atoms with Gasteiger partial charge in [-0.15, -0.1) is 0 Å². The van der Waals surface area contributed by atoms with Gasteiger partial charge in [-0.25, -0.2) is 9.67 Å². The molecule has 0 aliphatic carbocycles. The van der Waals surface area contributed by atoms with E-state index >= 15 is 0 Å². The lowest BCUT2D eigenvalue weighted by molar-refractivity contribution is 0.590. The van der Waals surface area contributed by atoms with Gasteiger partial charge in [-0.3, -0.25) is 4.90 Å². The van der Waals surface area contributed by atoms with Crippen LogP contribution in [-0.2, 0) is 10.8 Å². The maximum absolute atomic E-state index is 5.69. The van der Waals surface area contributed by atoms with E-state index in [4.69, 9.17) is 10.1 Å². The fourth-order valence-corrected chi connectivity index (χ4v) is 9.22. The minimum absolute atomic E-state index is 0.0239. The zero-order chi connectivity index (χ0) is 42.3. The molecule has 0 aliphatic heterocycles. The Bertz CT molecular complexity index is 3430. The van der Waals surface area contributed by atoms with Gasteiger partial charge in [0.2, 0.25) is 0 Å². The molecular formula is C56H48N6. The Morgan fingerprint density at radius 3 is 1.90 bits per heavy atom. The number of hydrogen-bond acceptors (Lipinski definition) is 3. The molecule has 0 aliphatic rings. The number of H-pyrrole nitrogens is 1. The number of aromatic amines is 1. The molecule has 11 rings (SSSR count). The van der Waals surface area contributed by atoms with Crippen molar-refractivity contribution in [1.82, 2.24) is 24.3 Å². The van der Waals surface area contributed by atoms with E-state index < -0.39 is 0 Å². The molecule has 11 aromatic rings. The van der Waals surface area contributed by atoms with Crippen LogP contribution in [0.2, 0.25) is 0 Å². The summed E-state index contributed by atoms with van der Waals surface area (Å²) < 4.78 is 4.54. The lowest BCUT2D eigenvalue weighted by Gasteiger charge is -2.26. The van der Waals surface area contributed by atoms with Crippen LogP contribution in [0.25, 0.3) is 77.1 Å². The number of nitrogens with zero attached hydrogens (tertiary/aromatic N) is 5. The summed E-state index contributed by atoms with van der Waals surface area (Å²) in [5.41, 5.74) is 14.1. The predicted octanol–water partition coefficient (Wildman–Crippen LogP) is 14.9. The van der Waals surface area contributed by atoms with Gasteiger partial charge in [0.05, 0.1) is 33.4 Å². The molecule has 0 atom stereocenters. The lowest BCUT2D eigenvalue weighted by atomic mass is 9.83. The monoisotopic (exact) mass is 804 g/mol. The molecule has 0 fully saturated rings. The standard InChI is InChI=1S/C56H48N6/c1-55(2,3)36-28-29-46-43(31-36)44-32-37(56(4,5)6)33-45(53(44)58-46)54-42-24-14-16-26-48(42)62(59-54)40-34-49-52(41-23-13-15-25-47(41)60(49)38-19-9-7-10-20-38)50(35-40)61(39-21-11-8-12-22-39)51-27-17-18-30-57-51/h7-35,58H,1-6H3. The summed E-state index contributed by atoms with van der Waals surface area (Å²) in [7, 11) is 0. The molecule has 6 nitrogen and oxygen atoms in total. The Kier molecular flexibility index (Phi) is 8.52. The Morgan fingerprint density at radius 1 is 0.516 bits per heavy atom. The van der Waals surface area contributed by atoms with Crippen LogP contribution in [0.1, 0.15) is 52.7 Å². The van der Waals surface area contributed by atoms with Crippen molar-refractivity contribution in [2.45, 2.75) is 52.4 Å². The van der Waals surface area contributed by atoms with Crippen molar-refractivity contribution in [2.24, 2.45) is 0 Å². The summed E-state index contributed by atoms with van der Waals surface area (Å²) in [6.45, 7) is 13.7. The average Bonchev–Trinajstić information content (AvgIpc) is 3.96. The zero-order valence-corrected chi connectivity index (χ0v) is 36.0. The number of hydrogen-bond donors (Lipinski definition) is 1. The largest absolute Gasteiger partial charge is 0.354 e. The number of nitrogens with one attached hydrogen (secondary N) is 1. The molecule has 4 aromatic heterocycles. The van der Waals surface area contributed by atoms with Crippen LogP contribution in [0.3, 0.4) is 0 Å². The van der Waals surface area contributed by atoms with Crippen LogP contribution < -0.4 is 4.90 Å². The molecule has 0 unspecified atom stereocenters. The van der Waals surface area contributed by atoms with Crippen molar-refractivity contribution in [3.8, 4) is 22.6 Å². The van der Waals surface area contributed by atoms with Crippen LogP contribution in [0, 0.1) is 0 Å². The van der Waals surface area contributed by atoms with Crippen molar-refractivity contribution in [2.75, 3.05) is 4.90 Å². The second kappa shape index (κ2) is 14.1. The van der Waals surface area contributed by atoms with Crippen molar-refractivity contribution in [3.05, 3.63) is 187 Å². The van der Waals surface area contributed by atoms with Crippen molar-refractivity contribution >= 4 is 71.7 Å². The molecule has 0 spiro atoms. The number of pyridine rings is 1. The average molecular weight is 805 g/mol. The molecule has 0 amide bonds. The van der Waals surface area contributed by atoms with Crippen molar-refractivity contribution < 1.29 is 0 Å². The highest BCUT2D eigenvalue weighted by molar-refractivity contribution is 6.18. The van der Waals surface area contributed by atoms with Crippen LogP contribution in [0.5, 0.6) is 0 Å². The highest BCUT2D eigenvalue weighted by Gasteiger charge is 2.27. The third-order valence-electron chi connectivity index (χ3n) is 12.4. The molecule has 0 saturated heterocycles. The normalized spacial score (nSPS) is 12.4. The van der Waals surface area contributed by atoms with Gasteiger partial charge < -0.3 is 9.55 Å². The van der Waals surface area contributed by atoms with Gasteiger partial charge in [-0.1, -0.05) is 126 Å². The Labute approximate surface area is 361 Å². The van der Waals surface area contributed by atoms with Crippen LogP contribution in [-0.4, -0.2) is 24.3 Å². The van der Waals surface area contributed by atoms with Crippen LogP contribution in [0.4, 0.5) is 17.2 Å². The smallest absolute Gasteiger partial charge is 0.137 e. The topological polar surface area (TPSA) is 54.7 Å². The van der Waals surface area contributed by atoms with Gasteiger partial charge in [0.1, 0.15) is 11.5 Å². The van der Waals surface area contributed by atoms with Crippen LogP contribution in [0.15, 0.2) is 176 Å². The highest BCUT2D eigenvalue weighted by Crippen LogP contribution is 2.46. The third kappa shape index (κ3) is 6.08. The maximum atomic E-state index is 5.69. The maximum Gasteiger partial charge on any atom is 0.137 e. The molecule has 0 saturated carbocycles. The molecule has 6 heteroatoms. The highest BCUT2D eigenvalue weighted by atomic mass is 15.3. The molecule has 0 radical (unpaired) electrons. The van der Waals surface area contributed by atoms with E-state index in [1.54, 1.807) is 0 Å². The fourth-order valence-electron chi connectivity index (χ4n) is 9.22. The van der Waals surface area contributed by atoms with Crippen LogP contribution >= 0.6 is 0 Å². The first-order valence-electron chi connectivity index (χ1n) is 21.5. The van der Waals surface area contributed by atoms with Gasteiger partial charge in [0.15, 0.2) is 0 Å². The minimum Gasteiger partial charge on any atom is -0.354 e. The quantitative estimate of drug-likeness (QED) is 0.182. The van der Waals surface area contributed by atoms with Gasteiger partial charge >= 0.3 is 0 Å². The molecule has 302 valence electrons. The number of benzene rings is 7. The molecular weight excluding hydrogens is 757 g/mol. The lowest BCUT2D eigenvalue weighted by Crippen LogP contribution is -2.12. The molecule has 1 N–H and O–H groups in total. The Hall–Kier alpha value is -7.44. The summed E-state index contributed by atoms with van der Waals surface area (Å²) in [5, 5.41) is 11.5.